The van der Waals surface area contributed by atoms with Crippen LogP contribution in [0.15, 0.2) is 34.9 Å². The lowest BCUT2D eigenvalue weighted by molar-refractivity contribution is 0.263. The standard InChI is InChI=1S/C25H31BrN8/c1-32-11-7-19(8-12-32)29-22-21(26)17-28-25-23(22)30-24(31-25)18-3-5-20(6-4-18)34-15-13-33(14-16-34)10-2-9-27/h3-6,17,19H,2,7-8,10-16H2,1H3,(H2,28,29,30,31). The maximum Gasteiger partial charge on any atom is 0.180 e. The summed E-state index contributed by atoms with van der Waals surface area (Å²) in [6.45, 7) is 7.06. The van der Waals surface area contributed by atoms with E-state index in [0.29, 0.717) is 12.5 Å². The van der Waals surface area contributed by atoms with Gasteiger partial charge >= 0.3 is 0 Å². The summed E-state index contributed by atoms with van der Waals surface area (Å²) >= 11 is 3.69. The number of H-pyrrole nitrogens is 1. The third-order valence-corrected chi connectivity index (χ3v) is 7.56. The normalized spacial score (nSPS) is 18.3. The van der Waals surface area contributed by atoms with E-state index in [1.165, 1.54) is 5.69 Å². The fourth-order valence-electron chi connectivity index (χ4n) is 4.84. The van der Waals surface area contributed by atoms with Gasteiger partial charge in [0, 0.05) is 62.6 Å². The predicted molar refractivity (Wildman–Crippen MR) is 140 cm³/mol. The Balaban J connectivity index is 1.30. The highest BCUT2D eigenvalue weighted by atomic mass is 79.9. The van der Waals surface area contributed by atoms with Crippen molar-refractivity contribution in [1.82, 2.24) is 24.8 Å². The number of piperazine rings is 1. The number of fused-ring (bicyclic) bond motifs is 1. The van der Waals surface area contributed by atoms with Crippen molar-refractivity contribution in [2.24, 2.45) is 0 Å². The van der Waals surface area contributed by atoms with Crippen molar-refractivity contribution in [2.75, 3.05) is 63.1 Å². The Labute approximate surface area is 209 Å². The summed E-state index contributed by atoms with van der Waals surface area (Å²) in [7, 11) is 2.18. The van der Waals surface area contributed by atoms with Gasteiger partial charge in [0.15, 0.2) is 5.65 Å². The van der Waals surface area contributed by atoms with Gasteiger partial charge in [-0.2, -0.15) is 5.26 Å². The van der Waals surface area contributed by atoms with E-state index in [2.05, 4.69) is 83.3 Å². The molecule has 0 spiro atoms. The molecular formula is C25H31BrN8. The van der Waals surface area contributed by atoms with E-state index in [0.717, 1.165) is 91.4 Å². The van der Waals surface area contributed by atoms with E-state index >= 15 is 0 Å². The first-order valence-electron chi connectivity index (χ1n) is 12.0. The van der Waals surface area contributed by atoms with Gasteiger partial charge in [0.2, 0.25) is 0 Å². The second-order valence-electron chi connectivity index (χ2n) is 9.27. The van der Waals surface area contributed by atoms with Crippen LogP contribution in [0.25, 0.3) is 22.6 Å². The number of hydrogen-bond donors (Lipinski definition) is 2. The average molecular weight is 523 g/mol. The zero-order chi connectivity index (χ0) is 23.5. The number of pyridine rings is 1. The maximum absolute atomic E-state index is 8.80. The molecule has 0 amide bonds. The van der Waals surface area contributed by atoms with Crippen LogP contribution in [0.5, 0.6) is 0 Å². The summed E-state index contributed by atoms with van der Waals surface area (Å²) in [4.78, 5) is 20.0. The minimum Gasteiger partial charge on any atom is -0.379 e. The molecule has 0 bridgehead atoms. The smallest absolute Gasteiger partial charge is 0.180 e. The lowest BCUT2D eigenvalue weighted by Crippen LogP contribution is -2.46. The van der Waals surface area contributed by atoms with Gasteiger partial charge in [-0.3, -0.25) is 4.90 Å². The first-order valence-corrected chi connectivity index (χ1v) is 12.8. The Morgan fingerprint density at radius 2 is 1.85 bits per heavy atom. The summed E-state index contributed by atoms with van der Waals surface area (Å²) in [6.07, 6.45) is 4.69. The molecule has 3 aromatic rings. The Hall–Kier alpha value is -2.67. The van der Waals surface area contributed by atoms with Crippen LogP contribution < -0.4 is 10.2 Å². The molecule has 5 rings (SSSR count). The Morgan fingerprint density at radius 1 is 1.12 bits per heavy atom. The number of benzene rings is 1. The zero-order valence-corrected chi connectivity index (χ0v) is 21.2. The highest BCUT2D eigenvalue weighted by Gasteiger charge is 2.21. The molecular weight excluding hydrogens is 492 g/mol. The number of rotatable bonds is 6. The first-order chi connectivity index (χ1) is 16.6. The predicted octanol–water partition coefficient (Wildman–Crippen LogP) is 3.93. The Bertz CT molecular complexity index is 1150. The molecule has 0 aliphatic carbocycles. The number of imidazole rings is 1. The van der Waals surface area contributed by atoms with Gasteiger partial charge in [0.25, 0.3) is 0 Å². The molecule has 2 saturated heterocycles. The molecule has 34 heavy (non-hydrogen) atoms. The van der Waals surface area contributed by atoms with Crippen molar-refractivity contribution in [3.05, 3.63) is 34.9 Å². The molecule has 2 aliphatic rings. The fourth-order valence-corrected chi connectivity index (χ4v) is 5.25. The van der Waals surface area contributed by atoms with E-state index < -0.39 is 0 Å². The summed E-state index contributed by atoms with van der Waals surface area (Å²) in [5.41, 5.74) is 5.00. The SMILES string of the molecule is CN1CCC(Nc2c(Br)cnc3nc(-c4ccc(N5CCN(CCC#N)CC5)cc4)[nH]c23)CC1. The third kappa shape index (κ3) is 5.04. The first kappa shape index (κ1) is 23.1. The molecule has 9 heteroatoms. The molecule has 2 fully saturated rings. The largest absolute Gasteiger partial charge is 0.379 e. The van der Waals surface area contributed by atoms with Crippen molar-refractivity contribution >= 4 is 38.5 Å². The molecule has 2 aliphatic heterocycles. The molecule has 8 nitrogen and oxygen atoms in total. The van der Waals surface area contributed by atoms with Crippen LogP contribution in [-0.2, 0) is 0 Å². The van der Waals surface area contributed by atoms with Crippen LogP contribution in [0, 0.1) is 11.3 Å². The molecule has 2 N–H and O–H groups in total. The number of nitrogens with one attached hydrogen (secondary N) is 2. The summed E-state index contributed by atoms with van der Waals surface area (Å²) in [5, 5.41) is 12.5. The van der Waals surface area contributed by atoms with Gasteiger partial charge < -0.3 is 20.1 Å². The fraction of sp³-hybridized carbons (Fsp3) is 0.480. The third-order valence-electron chi connectivity index (χ3n) is 6.96. The summed E-state index contributed by atoms with van der Waals surface area (Å²) < 4.78 is 0.957. The van der Waals surface area contributed by atoms with Gasteiger partial charge in [-0.05, 0) is 73.2 Å². The second-order valence-corrected chi connectivity index (χ2v) is 10.1. The van der Waals surface area contributed by atoms with Gasteiger partial charge in [-0.1, -0.05) is 0 Å². The molecule has 2 aromatic heterocycles. The Kier molecular flexibility index (Phi) is 6.99. The minimum absolute atomic E-state index is 0.449. The van der Waals surface area contributed by atoms with Crippen LogP contribution in [0.2, 0.25) is 0 Å². The number of piperidine rings is 1. The van der Waals surface area contributed by atoms with Crippen molar-refractivity contribution < 1.29 is 0 Å². The van der Waals surface area contributed by atoms with Gasteiger partial charge in [0.1, 0.15) is 11.3 Å². The molecule has 4 heterocycles. The highest BCUT2D eigenvalue weighted by molar-refractivity contribution is 9.10. The Morgan fingerprint density at radius 3 is 2.56 bits per heavy atom. The van der Waals surface area contributed by atoms with Crippen LogP contribution in [0.3, 0.4) is 0 Å². The minimum atomic E-state index is 0.449. The van der Waals surface area contributed by atoms with Crippen molar-refractivity contribution in [2.45, 2.75) is 25.3 Å². The number of aromatic nitrogens is 3. The number of halogens is 1. The lowest BCUT2D eigenvalue weighted by Gasteiger charge is -2.35. The lowest BCUT2D eigenvalue weighted by atomic mass is 10.1. The van der Waals surface area contributed by atoms with Crippen molar-refractivity contribution in [3.63, 3.8) is 0 Å². The molecule has 1 aromatic carbocycles. The van der Waals surface area contributed by atoms with Gasteiger partial charge in [-0.25, -0.2) is 9.97 Å². The molecule has 178 valence electrons. The number of aromatic amines is 1. The van der Waals surface area contributed by atoms with E-state index in [9.17, 15) is 0 Å². The number of anilines is 2. The topological polar surface area (TPSA) is 87.1 Å². The van der Waals surface area contributed by atoms with Gasteiger partial charge in [-0.15, -0.1) is 0 Å². The number of nitrogens with zero attached hydrogens (tertiary/aromatic N) is 6. The highest BCUT2D eigenvalue weighted by Crippen LogP contribution is 2.32. The van der Waals surface area contributed by atoms with Crippen LogP contribution in [0.4, 0.5) is 11.4 Å². The number of nitriles is 1. The van der Waals surface area contributed by atoms with Crippen molar-refractivity contribution in [1.29, 1.82) is 5.26 Å². The second kappa shape index (κ2) is 10.3. The van der Waals surface area contributed by atoms with E-state index in [1.54, 1.807) is 0 Å². The average Bonchev–Trinajstić information content (AvgIpc) is 3.31. The van der Waals surface area contributed by atoms with Gasteiger partial charge in [0.05, 0.1) is 16.2 Å². The number of hydrogen-bond acceptors (Lipinski definition) is 7. The molecule has 0 saturated carbocycles. The van der Waals surface area contributed by atoms with Crippen LogP contribution in [-0.4, -0.2) is 83.7 Å². The summed E-state index contributed by atoms with van der Waals surface area (Å²) in [5.74, 6) is 0.833. The van der Waals surface area contributed by atoms with Crippen molar-refractivity contribution in [3.8, 4) is 17.5 Å². The molecule has 0 unspecified atom stereocenters. The van der Waals surface area contributed by atoms with Crippen LogP contribution in [0.1, 0.15) is 19.3 Å². The van der Waals surface area contributed by atoms with Crippen LogP contribution >= 0.6 is 15.9 Å². The van der Waals surface area contributed by atoms with E-state index in [4.69, 9.17) is 10.2 Å². The number of likely N-dealkylation sites (tertiary alicyclic amines) is 1. The molecule has 0 atom stereocenters. The quantitative estimate of drug-likeness (QED) is 0.507. The monoisotopic (exact) mass is 522 g/mol. The van der Waals surface area contributed by atoms with E-state index in [-0.39, 0.29) is 0 Å². The maximum atomic E-state index is 8.80. The zero-order valence-electron chi connectivity index (χ0n) is 19.6. The summed E-state index contributed by atoms with van der Waals surface area (Å²) in [6, 6.07) is 11.3. The van der Waals surface area contributed by atoms with E-state index in [1.807, 2.05) is 6.20 Å². The molecule has 0 radical (unpaired) electrons.